The maximum Gasteiger partial charge on any atom is 0.0784 e. The summed E-state index contributed by atoms with van der Waals surface area (Å²) in [7, 11) is 0. The number of hydrogen-bond acceptors (Lipinski definition) is 1. The van der Waals surface area contributed by atoms with Crippen LogP contribution in [0.1, 0.15) is 53.4 Å². The summed E-state index contributed by atoms with van der Waals surface area (Å²) < 4.78 is 0. The molecule has 1 nitrogen and oxygen atoms in total. The topological polar surface area (TPSA) is 20.2 Å². The molecule has 0 aromatic carbocycles. The van der Waals surface area contributed by atoms with Crippen LogP contribution in [0.25, 0.3) is 0 Å². The summed E-state index contributed by atoms with van der Waals surface area (Å²) in [5.41, 5.74) is 4.66. The number of rotatable bonds is 0. The normalized spacial score (nSPS) is 34.2. The molecule has 0 heterocycles. The number of allylic oxidation sites excluding steroid dienone is 2. The third kappa shape index (κ3) is 2.24. The van der Waals surface area contributed by atoms with Crippen molar-refractivity contribution < 1.29 is 5.11 Å². The molecule has 0 bridgehead atoms. The standard InChI is InChI=1S/C15H24O/c1-10-5-6-15(3,4)9-13-11(2)7-12(13)8-14(10)16/h5,11,14,16H,6-9H2,1-4H3. The summed E-state index contributed by atoms with van der Waals surface area (Å²) in [5.74, 6) is 0.750. The molecule has 0 fully saturated rings. The van der Waals surface area contributed by atoms with Crippen molar-refractivity contribution in [2.24, 2.45) is 11.3 Å². The minimum absolute atomic E-state index is 0.244. The molecule has 0 saturated heterocycles. The van der Waals surface area contributed by atoms with Crippen LogP contribution in [0.4, 0.5) is 0 Å². The van der Waals surface area contributed by atoms with Crippen LogP contribution in [0, 0.1) is 11.3 Å². The molecule has 2 aliphatic rings. The van der Waals surface area contributed by atoms with Crippen LogP contribution in [-0.2, 0) is 0 Å². The Hall–Kier alpha value is -0.560. The van der Waals surface area contributed by atoms with E-state index in [-0.39, 0.29) is 6.10 Å². The number of hydrogen-bond donors (Lipinski definition) is 1. The fourth-order valence-corrected chi connectivity index (χ4v) is 2.91. The lowest BCUT2D eigenvalue weighted by molar-refractivity contribution is 0.205. The second kappa shape index (κ2) is 4.03. The lowest BCUT2D eigenvalue weighted by atomic mass is 9.69. The molecule has 1 heteroatoms. The van der Waals surface area contributed by atoms with Gasteiger partial charge in [0.25, 0.3) is 0 Å². The molecule has 0 amide bonds. The first kappa shape index (κ1) is 11.9. The van der Waals surface area contributed by atoms with E-state index in [0.29, 0.717) is 5.41 Å². The summed E-state index contributed by atoms with van der Waals surface area (Å²) in [6, 6.07) is 0. The van der Waals surface area contributed by atoms with Crippen LogP contribution in [0.15, 0.2) is 22.8 Å². The van der Waals surface area contributed by atoms with E-state index in [1.165, 1.54) is 18.4 Å². The summed E-state index contributed by atoms with van der Waals surface area (Å²) in [5, 5.41) is 10.1. The molecule has 0 spiro atoms. The minimum atomic E-state index is -0.244. The van der Waals surface area contributed by atoms with Gasteiger partial charge in [0, 0.05) is 0 Å². The van der Waals surface area contributed by atoms with Gasteiger partial charge in [-0.05, 0) is 49.5 Å². The van der Waals surface area contributed by atoms with Gasteiger partial charge in [-0.25, -0.2) is 0 Å². The molecule has 0 saturated carbocycles. The molecular weight excluding hydrogens is 196 g/mol. The van der Waals surface area contributed by atoms with Crippen molar-refractivity contribution in [2.45, 2.75) is 59.5 Å². The highest BCUT2D eigenvalue weighted by atomic mass is 16.3. The zero-order valence-corrected chi connectivity index (χ0v) is 11.0. The lowest BCUT2D eigenvalue weighted by Crippen LogP contribution is -2.23. The summed E-state index contributed by atoms with van der Waals surface area (Å²) in [6.45, 7) is 9.06. The van der Waals surface area contributed by atoms with Crippen molar-refractivity contribution in [3.63, 3.8) is 0 Å². The van der Waals surface area contributed by atoms with Gasteiger partial charge in [0.2, 0.25) is 0 Å². The van der Waals surface area contributed by atoms with Gasteiger partial charge in [-0.15, -0.1) is 0 Å². The predicted octanol–water partition coefficient (Wildman–Crippen LogP) is 3.84. The zero-order valence-electron chi connectivity index (χ0n) is 11.0. The second-order valence-electron chi connectivity index (χ2n) is 6.45. The smallest absolute Gasteiger partial charge is 0.0784 e. The quantitative estimate of drug-likeness (QED) is 0.615. The van der Waals surface area contributed by atoms with Crippen LogP contribution < -0.4 is 0 Å². The lowest BCUT2D eigenvalue weighted by Gasteiger charge is -2.36. The van der Waals surface area contributed by atoms with Gasteiger partial charge in [0.05, 0.1) is 6.10 Å². The SMILES string of the molecule is CC1=CCC(C)(C)CC2=C(CC2C)CC1O. The fourth-order valence-electron chi connectivity index (χ4n) is 2.91. The van der Waals surface area contributed by atoms with Crippen molar-refractivity contribution in [1.29, 1.82) is 0 Å². The van der Waals surface area contributed by atoms with Crippen LogP contribution in [0.5, 0.6) is 0 Å². The Bertz CT molecular complexity index is 346. The Kier molecular flexibility index (Phi) is 3.00. The van der Waals surface area contributed by atoms with Crippen LogP contribution in [-0.4, -0.2) is 11.2 Å². The first-order valence-electron chi connectivity index (χ1n) is 6.44. The number of aliphatic hydroxyl groups excluding tert-OH is 1. The van der Waals surface area contributed by atoms with Gasteiger partial charge >= 0.3 is 0 Å². The first-order valence-corrected chi connectivity index (χ1v) is 6.44. The van der Waals surface area contributed by atoms with Crippen molar-refractivity contribution in [3.05, 3.63) is 22.8 Å². The molecule has 2 unspecified atom stereocenters. The van der Waals surface area contributed by atoms with E-state index in [4.69, 9.17) is 0 Å². The van der Waals surface area contributed by atoms with E-state index in [1.54, 1.807) is 5.57 Å². The average molecular weight is 220 g/mol. The molecule has 2 atom stereocenters. The molecule has 2 aliphatic carbocycles. The fraction of sp³-hybridized carbons (Fsp3) is 0.733. The number of aliphatic hydroxyl groups is 1. The van der Waals surface area contributed by atoms with Crippen molar-refractivity contribution in [2.75, 3.05) is 0 Å². The van der Waals surface area contributed by atoms with Gasteiger partial charge in [-0.2, -0.15) is 0 Å². The van der Waals surface area contributed by atoms with E-state index in [1.807, 2.05) is 0 Å². The van der Waals surface area contributed by atoms with Gasteiger partial charge in [0.15, 0.2) is 0 Å². The highest BCUT2D eigenvalue weighted by Crippen LogP contribution is 2.45. The van der Waals surface area contributed by atoms with Crippen LogP contribution >= 0.6 is 0 Å². The second-order valence-corrected chi connectivity index (χ2v) is 6.45. The molecule has 0 radical (unpaired) electrons. The third-order valence-corrected chi connectivity index (χ3v) is 4.21. The van der Waals surface area contributed by atoms with Gasteiger partial charge in [-0.3, -0.25) is 0 Å². The highest BCUT2D eigenvalue weighted by molar-refractivity contribution is 5.31. The van der Waals surface area contributed by atoms with Gasteiger partial charge < -0.3 is 5.11 Å². The molecule has 0 aliphatic heterocycles. The molecular formula is C15H24O. The Morgan fingerprint density at radius 2 is 2.00 bits per heavy atom. The van der Waals surface area contributed by atoms with E-state index in [9.17, 15) is 5.11 Å². The van der Waals surface area contributed by atoms with Crippen molar-refractivity contribution in [1.82, 2.24) is 0 Å². The van der Waals surface area contributed by atoms with E-state index >= 15 is 0 Å². The molecule has 2 rings (SSSR count). The summed E-state index contributed by atoms with van der Waals surface area (Å²) >= 11 is 0. The molecule has 90 valence electrons. The molecule has 16 heavy (non-hydrogen) atoms. The van der Waals surface area contributed by atoms with Crippen LogP contribution in [0.3, 0.4) is 0 Å². The molecule has 1 N–H and O–H groups in total. The maximum atomic E-state index is 10.1. The monoisotopic (exact) mass is 220 g/mol. The largest absolute Gasteiger partial charge is 0.388 e. The Morgan fingerprint density at radius 1 is 1.31 bits per heavy atom. The summed E-state index contributed by atoms with van der Waals surface area (Å²) in [6.07, 6.45) is 6.36. The van der Waals surface area contributed by atoms with E-state index < -0.39 is 0 Å². The van der Waals surface area contributed by atoms with Crippen molar-refractivity contribution in [3.8, 4) is 0 Å². The Morgan fingerprint density at radius 3 is 2.62 bits per heavy atom. The third-order valence-electron chi connectivity index (χ3n) is 4.21. The zero-order chi connectivity index (χ0) is 11.9. The average Bonchev–Trinajstić information content (AvgIpc) is 2.24. The van der Waals surface area contributed by atoms with Gasteiger partial charge in [-0.1, -0.05) is 38.0 Å². The highest BCUT2D eigenvalue weighted by Gasteiger charge is 2.32. The minimum Gasteiger partial charge on any atom is -0.388 e. The molecule has 0 aromatic rings. The Balaban J connectivity index is 2.28. The Labute approximate surface area is 99.3 Å². The van der Waals surface area contributed by atoms with Crippen LogP contribution in [0.2, 0.25) is 0 Å². The van der Waals surface area contributed by atoms with E-state index in [2.05, 4.69) is 33.8 Å². The van der Waals surface area contributed by atoms with E-state index in [0.717, 1.165) is 24.3 Å². The molecule has 0 aromatic heterocycles. The summed E-state index contributed by atoms with van der Waals surface area (Å²) in [4.78, 5) is 0. The van der Waals surface area contributed by atoms with Gasteiger partial charge in [0.1, 0.15) is 0 Å². The first-order chi connectivity index (χ1) is 7.39. The maximum absolute atomic E-state index is 10.1. The predicted molar refractivity (Wildman–Crippen MR) is 68.2 cm³/mol. The van der Waals surface area contributed by atoms with Crippen molar-refractivity contribution >= 4 is 0 Å².